The maximum absolute atomic E-state index is 7.02. The third-order valence-corrected chi connectivity index (χ3v) is 20.7. The van der Waals surface area contributed by atoms with E-state index in [1.807, 2.05) is 0 Å². The van der Waals surface area contributed by atoms with Gasteiger partial charge in [0.15, 0.2) is 8.07 Å². The number of hydrogen-bond acceptors (Lipinski definition) is 3. The lowest BCUT2D eigenvalue weighted by Gasteiger charge is -2.45. The molecule has 0 bridgehead atoms. The first-order valence-electron chi connectivity index (χ1n) is 26.1. The van der Waals surface area contributed by atoms with Gasteiger partial charge in [0.05, 0.1) is 5.69 Å². The zero-order valence-corrected chi connectivity index (χ0v) is 42.5. The molecule has 0 saturated heterocycles. The van der Waals surface area contributed by atoms with Crippen molar-refractivity contribution in [1.82, 2.24) is 0 Å². The monoisotopic (exact) mass is 984 g/mol. The molecule has 0 fully saturated rings. The smallest absolute Gasteiger partial charge is 0.184 e. The number of para-hydroxylation sites is 2. The topological polar surface area (TPSA) is 19.6 Å². The van der Waals surface area contributed by atoms with E-state index in [4.69, 9.17) is 4.42 Å². The molecule has 0 atom stereocenters. The minimum Gasteiger partial charge on any atom is -0.456 e. The standard InChI is InChI=1S/C72H48N2OSi/c1-4-22-54(23-5-1)74-66-33-16-17-34-71(66)76(57-24-6-2-7-25-57,58-26-8-3-9-27-58)72-44-38-51(45-68(72)74)52-37-42-64-65-43-41-56(48-70(65)75-69(64)47-52)73(67-46-53-20-11-13-29-61(53)62-30-14-15-31-63(62)67)55-39-35-50(36-40-55)60-32-18-21-49-19-10-12-28-59(49)60/h1-48H. The van der Waals surface area contributed by atoms with Crippen molar-refractivity contribution in [1.29, 1.82) is 0 Å². The minimum absolute atomic E-state index is 0.839. The molecule has 0 unspecified atom stereocenters. The number of nitrogens with zero attached hydrogens (tertiary/aromatic N) is 2. The molecule has 0 N–H and O–H groups in total. The normalized spacial score (nSPS) is 12.8. The molecular weight excluding hydrogens is 937 g/mol. The number of furan rings is 1. The van der Waals surface area contributed by atoms with E-state index < -0.39 is 8.07 Å². The van der Waals surface area contributed by atoms with Crippen molar-refractivity contribution in [2.45, 2.75) is 0 Å². The van der Waals surface area contributed by atoms with Gasteiger partial charge in [0.25, 0.3) is 0 Å². The van der Waals surface area contributed by atoms with Gasteiger partial charge in [-0.1, -0.05) is 218 Å². The van der Waals surface area contributed by atoms with Crippen LogP contribution in [0.25, 0.3) is 76.5 Å². The van der Waals surface area contributed by atoms with Crippen molar-refractivity contribution < 1.29 is 4.42 Å². The molecule has 356 valence electrons. The summed E-state index contributed by atoms with van der Waals surface area (Å²) in [5.74, 6) is 0. The van der Waals surface area contributed by atoms with Crippen LogP contribution in [0.5, 0.6) is 0 Å². The molecular formula is C72H48N2OSi. The summed E-state index contributed by atoms with van der Waals surface area (Å²) in [6.07, 6.45) is 0. The summed E-state index contributed by atoms with van der Waals surface area (Å²) < 4.78 is 7.02. The van der Waals surface area contributed by atoms with E-state index in [0.29, 0.717) is 0 Å². The molecule has 0 spiro atoms. The maximum Gasteiger partial charge on any atom is 0.184 e. The fraction of sp³-hybridized carbons (Fsp3) is 0. The molecule has 15 rings (SSSR count). The first kappa shape index (κ1) is 43.8. The number of rotatable bonds is 8. The van der Waals surface area contributed by atoms with E-state index >= 15 is 0 Å². The van der Waals surface area contributed by atoms with Crippen LogP contribution in [0.4, 0.5) is 34.1 Å². The van der Waals surface area contributed by atoms with Crippen molar-refractivity contribution in [3.63, 3.8) is 0 Å². The second-order valence-electron chi connectivity index (χ2n) is 20.0. The Labute approximate surface area is 442 Å². The van der Waals surface area contributed by atoms with Crippen LogP contribution in [-0.2, 0) is 0 Å². The highest BCUT2D eigenvalue weighted by Gasteiger charge is 2.48. The molecule has 0 saturated carbocycles. The second kappa shape index (κ2) is 17.7. The van der Waals surface area contributed by atoms with Gasteiger partial charge in [0.2, 0.25) is 0 Å². The van der Waals surface area contributed by atoms with Gasteiger partial charge < -0.3 is 14.2 Å². The van der Waals surface area contributed by atoms with Gasteiger partial charge in [-0.2, -0.15) is 0 Å². The Hall–Kier alpha value is -9.74. The summed E-state index contributed by atoms with van der Waals surface area (Å²) in [7, 11) is -2.83. The Morgan fingerprint density at radius 3 is 1.62 bits per heavy atom. The largest absolute Gasteiger partial charge is 0.456 e. The van der Waals surface area contributed by atoms with Gasteiger partial charge in [-0.05, 0) is 137 Å². The molecule has 13 aromatic carbocycles. The van der Waals surface area contributed by atoms with Gasteiger partial charge in [-0.3, -0.25) is 0 Å². The SMILES string of the molecule is c1ccc(N2c3ccccc3[Si](c3ccccc3)(c3ccccc3)c3ccc(-c4ccc5c(c4)oc4cc(N(c6ccc(-c7cccc8ccccc78)cc6)c6cc7ccccc7c7ccccc67)ccc45)cc32)cc1. The van der Waals surface area contributed by atoms with E-state index in [-0.39, 0.29) is 0 Å². The third kappa shape index (κ3) is 6.88. The predicted octanol–water partition coefficient (Wildman–Crippen LogP) is 17.0. The van der Waals surface area contributed by atoms with E-state index in [2.05, 4.69) is 301 Å². The quantitative estimate of drug-likeness (QED) is 0.112. The lowest BCUT2D eigenvalue weighted by atomic mass is 9.97. The molecule has 0 aliphatic carbocycles. The lowest BCUT2D eigenvalue weighted by molar-refractivity contribution is 0.669. The zero-order valence-electron chi connectivity index (χ0n) is 41.5. The summed E-state index contributed by atoms with van der Waals surface area (Å²) in [5, 5.41) is 15.0. The molecule has 4 heteroatoms. The second-order valence-corrected chi connectivity index (χ2v) is 23.7. The fourth-order valence-electron chi connectivity index (χ4n) is 12.5. The molecule has 0 radical (unpaired) electrons. The summed E-state index contributed by atoms with van der Waals surface area (Å²) in [5.41, 5.74) is 13.1. The van der Waals surface area contributed by atoms with Crippen LogP contribution in [-0.4, -0.2) is 8.07 Å². The van der Waals surface area contributed by atoms with Crippen LogP contribution in [0.3, 0.4) is 0 Å². The molecule has 14 aromatic rings. The van der Waals surface area contributed by atoms with Crippen molar-refractivity contribution in [2.24, 2.45) is 0 Å². The van der Waals surface area contributed by atoms with E-state index in [9.17, 15) is 0 Å². The minimum atomic E-state index is -2.83. The van der Waals surface area contributed by atoms with Gasteiger partial charge in [0, 0.05) is 50.7 Å². The Bertz CT molecular complexity index is 4490. The van der Waals surface area contributed by atoms with Crippen LogP contribution < -0.4 is 30.5 Å². The molecule has 0 amide bonds. The predicted molar refractivity (Wildman–Crippen MR) is 324 cm³/mol. The number of benzene rings is 13. The Kier molecular flexibility index (Phi) is 10.2. The Morgan fingerprint density at radius 1 is 0.316 bits per heavy atom. The maximum atomic E-state index is 7.02. The van der Waals surface area contributed by atoms with Crippen LogP contribution in [0.1, 0.15) is 0 Å². The van der Waals surface area contributed by atoms with E-state index in [0.717, 1.165) is 55.8 Å². The average Bonchev–Trinajstić information content (AvgIpc) is 3.91. The highest BCUT2D eigenvalue weighted by Crippen LogP contribution is 2.46. The lowest BCUT2D eigenvalue weighted by Crippen LogP contribution is -2.77. The van der Waals surface area contributed by atoms with E-state index in [1.54, 1.807) is 0 Å². The van der Waals surface area contributed by atoms with Crippen LogP contribution in [0, 0.1) is 0 Å². The van der Waals surface area contributed by atoms with Crippen molar-refractivity contribution in [3.05, 3.63) is 291 Å². The zero-order chi connectivity index (χ0) is 50.2. The van der Waals surface area contributed by atoms with Crippen molar-refractivity contribution in [3.8, 4) is 22.3 Å². The van der Waals surface area contributed by atoms with Crippen molar-refractivity contribution >= 4 is 117 Å². The molecule has 76 heavy (non-hydrogen) atoms. The number of fused-ring (bicyclic) bond motifs is 9. The molecule has 3 nitrogen and oxygen atoms in total. The Balaban J connectivity index is 0.884. The molecule has 1 aromatic heterocycles. The summed E-state index contributed by atoms with van der Waals surface area (Å²) in [6, 6.07) is 107. The number of anilines is 6. The summed E-state index contributed by atoms with van der Waals surface area (Å²) in [6.45, 7) is 0. The first-order valence-corrected chi connectivity index (χ1v) is 28.1. The average molecular weight is 985 g/mol. The molecule has 1 aliphatic heterocycles. The van der Waals surface area contributed by atoms with Gasteiger partial charge in [-0.25, -0.2) is 0 Å². The summed E-state index contributed by atoms with van der Waals surface area (Å²) >= 11 is 0. The van der Waals surface area contributed by atoms with Gasteiger partial charge in [0.1, 0.15) is 11.2 Å². The number of hydrogen-bond donors (Lipinski definition) is 0. The molecule has 2 heterocycles. The highest BCUT2D eigenvalue weighted by atomic mass is 28.3. The van der Waals surface area contributed by atoms with Crippen LogP contribution in [0.15, 0.2) is 296 Å². The van der Waals surface area contributed by atoms with E-state index in [1.165, 1.54) is 75.6 Å². The fourth-order valence-corrected chi connectivity index (χ4v) is 17.6. The van der Waals surface area contributed by atoms with Crippen LogP contribution >= 0.6 is 0 Å². The third-order valence-electron chi connectivity index (χ3n) is 15.9. The van der Waals surface area contributed by atoms with Gasteiger partial charge in [-0.15, -0.1) is 0 Å². The van der Waals surface area contributed by atoms with Gasteiger partial charge >= 0.3 is 0 Å². The highest BCUT2D eigenvalue weighted by molar-refractivity contribution is 7.21. The first-order chi connectivity index (χ1) is 37.7. The van der Waals surface area contributed by atoms with Crippen LogP contribution in [0.2, 0.25) is 0 Å². The summed E-state index contributed by atoms with van der Waals surface area (Å²) in [4.78, 5) is 4.88. The Morgan fingerprint density at radius 2 is 0.855 bits per heavy atom. The van der Waals surface area contributed by atoms with Crippen molar-refractivity contribution in [2.75, 3.05) is 9.80 Å². The molecule has 1 aliphatic rings.